The number of pyridine rings is 1. The van der Waals surface area contributed by atoms with Crippen molar-refractivity contribution in [3.05, 3.63) is 28.3 Å². The third kappa shape index (κ3) is 6.92. The normalized spacial score (nSPS) is 16.9. The molecule has 1 fully saturated rings. The number of hydrogen-bond donors (Lipinski definition) is 1. The minimum absolute atomic E-state index is 0.00825. The summed E-state index contributed by atoms with van der Waals surface area (Å²) in [5.74, 6) is -1.72. The molecule has 0 aliphatic carbocycles. The number of halogens is 2. The summed E-state index contributed by atoms with van der Waals surface area (Å²) in [4.78, 5) is 30.2. The van der Waals surface area contributed by atoms with Gasteiger partial charge in [0, 0.05) is 37.7 Å². The second-order valence-electron chi connectivity index (χ2n) is 11.8. The molecule has 1 aliphatic rings. The van der Waals surface area contributed by atoms with Crippen LogP contribution in [-0.4, -0.2) is 55.5 Å². The van der Waals surface area contributed by atoms with E-state index in [1.165, 1.54) is 6.20 Å². The second-order valence-corrected chi connectivity index (χ2v) is 17.0. The largest absolute Gasteiger partial charge is 0.444 e. The van der Waals surface area contributed by atoms with Crippen LogP contribution >= 0.6 is 11.6 Å². The maximum absolute atomic E-state index is 15.2. The lowest BCUT2D eigenvalue weighted by Gasteiger charge is -2.45. The summed E-state index contributed by atoms with van der Waals surface area (Å²) in [5, 5.41) is -0.103. The van der Waals surface area contributed by atoms with Crippen LogP contribution in [0.3, 0.4) is 0 Å². The van der Waals surface area contributed by atoms with E-state index in [4.69, 9.17) is 26.5 Å². The van der Waals surface area contributed by atoms with Crippen LogP contribution in [0.1, 0.15) is 70.4 Å². The molecule has 1 saturated heterocycles. The molecule has 0 spiro atoms. The molecule has 10 heteroatoms. The molecule has 34 heavy (non-hydrogen) atoms. The van der Waals surface area contributed by atoms with Gasteiger partial charge >= 0.3 is 6.09 Å². The number of carbonyl (C=O) groups is 2. The van der Waals surface area contributed by atoms with Crippen molar-refractivity contribution < 1.29 is 23.1 Å². The summed E-state index contributed by atoms with van der Waals surface area (Å²) in [6, 6.07) is 0. The molecular formula is C24H39ClFN3O4Si. The fourth-order valence-corrected chi connectivity index (χ4v) is 4.95. The highest BCUT2D eigenvalue weighted by atomic mass is 35.5. The molecule has 0 radical (unpaired) electrons. The maximum atomic E-state index is 15.2. The minimum atomic E-state index is -2.09. The van der Waals surface area contributed by atoms with E-state index in [0.29, 0.717) is 32.5 Å². The van der Waals surface area contributed by atoms with Crippen LogP contribution in [0, 0.1) is 11.2 Å². The van der Waals surface area contributed by atoms with Crippen LogP contribution in [0.25, 0.3) is 0 Å². The first-order chi connectivity index (χ1) is 15.4. The summed E-state index contributed by atoms with van der Waals surface area (Å²) >= 11 is 5.97. The first kappa shape index (κ1) is 28.5. The highest BCUT2D eigenvalue weighted by molar-refractivity contribution is 6.74. The fraction of sp³-hybridized carbons (Fsp3) is 0.708. The van der Waals surface area contributed by atoms with Gasteiger partial charge in [-0.1, -0.05) is 32.4 Å². The lowest BCUT2D eigenvalue weighted by molar-refractivity contribution is 0.000747. The average Bonchev–Trinajstić information content (AvgIpc) is 2.67. The van der Waals surface area contributed by atoms with E-state index < -0.39 is 31.1 Å². The van der Waals surface area contributed by atoms with Gasteiger partial charge in [-0.05, 0) is 51.7 Å². The number of rotatable bonds is 6. The first-order valence-electron chi connectivity index (χ1n) is 11.6. The molecule has 2 N–H and O–H groups in total. The third-order valence-electron chi connectivity index (χ3n) is 6.86. The van der Waals surface area contributed by atoms with E-state index in [0.717, 1.165) is 0 Å². The lowest BCUT2D eigenvalue weighted by Crippen LogP contribution is -2.50. The SMILES string of the molecule is CC(C)(C)OC(=O)N1CCC(CO[Si](C)(C)C(C)(C)C)(Cc2ncc(Cl)c(C(N)=O)c2F)CC1. The van der Waals surface area contributed by atoms with Crippen LogP contribution < -0.4 is 5.73 Å². The molecule has 2 rings (SSSR count). The monoisotopic (exact) mass is 515 g/mol. The van der Waals surface area contributed by atoms with Gasteiger partial charge in [0.1, 0.15) is 5.60 Å². The Kier molecular flexibility index (Phi) is 8.48. The van der Waals surface area contributed by atoms with E-state index in [2.05, 4.69) is 38.8 Å². The number of likely N-dealkylation sites (tertiary alicyclic amines) is 1. The molecule has 2 amide bonds. The Balaban J connectivity index is 2.33. The van der Waals surface area contributed by atoms with Crippen molar-refractivity contribution >= 4 is 31.9 Å². The average molecular weight is 516 g/mol. The molecule has 1 aromatic heterocycles. The number of ether oxygens (including phenoxy) is 1. The van der Waals surface area contributed by atoms with E-state index in [-0.39, 0.29) is 33.8 Å². The zero-order valence-electron chi connectivity index (χ0n) is 21.7. The second kappa shape index (κ2) is 10.1. The van der Waals surface area contributed by atoms with Gasteiger partial charge in [-0.15, -0.1) is 0 Å². The topological polar surface area (TPSA) is 94.8 Å². The van der Waals surface area contributed by atoms with Crippen LogP contribution in [-0.2, 0) is 15.6 Å². The van der Waals surface area contributed by atoms with Crippen molar-refractivity contribution in [2.24, 2.45) is 11.1 Å². The standard InChI is InChI=1S/C24H39ClFN3O4Si/c1-22(2,3)33-21(31)29-11-9-24(10-12-29,15-32-34(7,8)23(4,5)6)13-17-19(26)18(20(27)30)16(25)14-28-17/h14H,9-13,15H2,1-8H3,(H2,27,30). The van der Waals surface area contributed by atoms with Crippen molar-refractivity contribution in [1.82, 2.24) is 9.88 Å². The maximum Gasteiger partial charge on any atom is 0.410 e. The number of primary amides is 1. The van der Waals surface area contributed by atoms with Gasteiger partial charge in [0.2, 0.25) is 0 Å². The predicted octanol–water partition coefficient (Wildman–Crippen LogP) is 5.55. The van der Waals surface area contributed by atoms with Gasteiger partial charge < -0.3 is 19.8 Å². The van der Waals surface area contributed by atoms with Crippen molar-refractivity contribution in [2.45, 2.75) is 84.5 Å². The summed E-state index contributed by atoms with van der Waals surface area (Å²) < 4.78 is 27.3. The zero-order valence-corrected chi connectivity index (χ0v) is 23.4. The minimum Gasteiger partial charge on any atom is -0.444 e. The van der Waals surface area contributed by atoms with Crippen molar-refractivity contribution in [3.63, 3.8) is 0 Å². The molecule has 0 saturated carbocycles. The predicted molar refractivity (Wildman–Crippen MR) is 134 cm³/mol. The molecular weight excluding hydrogens is 477 g/mol. The van der Waals surface area contributed by atoms with Crippen LogP contribution in [0.15, 0.2) is 6.20 Å². The van der Waals surface area contributed by atoms with Crippen LogP contribution in [0.2, 0.25) is 23.2 Å². The van der Waals surface area contributed by atoms with E-state index >= 15 is 4.39 Å². The van der Waals surface area contributed by atoms with Gasteiger partial charge in [0.05, 0.1) is 16.3 Å². The zero-order chi connectivity index (χ0) is 26.1. The molecule has 0 aromatic carbocycles. The Hall–Kier alpha value is -1.71. The molecule has 0 unspecified atom stereocenters. The molecule has 0 bridgehead atoms. The molecule has 0 atom stereocenters. The number of nitrogens with two attached hydrogens (primary N) is 1. The fourth-order valence-electron chi connectivity index (χ4n) is 3.62. The van der Waals surface area contributed by atoms with E-state index in [1.807, 2.05) is 20.8 Å². The number of aromatic nitrogens is 1. The first-order valence-corrected chi connectivity index (χ1v) is 14.9. The molecule has 192 valence electrons. The molecule has 7 nitrogen and oxygen atoms in total. The van der Waals surface area contributed by atoms with Crippen molar-refractivity contribution in [3.8, 4) is 0 Å². The van der Waals surface area contributed by atoms with Gasteiger partial charge in [-0.2, -0.15) is 0 Å². The van der Waals surface area contributed by atoms with Gasteiger partial charge in [0.15, 0.2) is 14.1 Å². The Morgan fingerprint density at radius 2 is 1.76 bits per heavy atom. The Labute approximate surface area is 208 Å². The third-order valence-corrected chi connectivity index (χ3v) is 11.6. The van der Waals surface area contributed by atoms with Crippen LogP contribution in [0.4, 0.5) is 9.18 Å². The van der Waals surface area contributed by atoms with Crippen molar-refractivity contribution in [1.29, 1.82) is 0 Å². The highest BCUT2D eigenvalue weighted by Crippen LogP contribution is 2.41. The highest BCUT2D eigenvalue weighted by Gasteiger charge is 2.43. The lowest BCUT2D eigenvalue weighted by atomic mass is 9.75. The number of piperidine rings is 1. The molecule has 2 heterocycles. The summed E-state index contributed by atoms with van der Waals surface area (Å²) in [5.41, 5.74) is 4.07. The number of amides is 2. The Bertz CT molecular complexity index is 920. The summed E-state index contributed by atoms with van der Waals surface area (Å²) in [6.07, 6.45) is 2.30. The molecule has 1 aliphatic heterocycles. The molecule has 1 aromatic rings. The number of hydrogen-bond acceptors (Lipinski definition) is 5. The quantitative estimate of drug-likeness (QED) is 0.501. The summed E-state index contributed by atoms with van der Waals surface area (Å²) in [6.45, 7) is 17.6. The van der Waals surface area contributed by atoms with Gasteiger partial charge in [-0.25, -0.2) is 9.18 Å². The van der Waals surface area contributed by atoms with Gasteiger partial charge in [-0.3, -0.25) is 9.78 Å². The Morgan fingerprint density at radius 3 is 2.24 bits per heavy atom. The van der Waals surface area contributed by atoms with E-state index in [1.54, 1.807) is 4.90 Å². The smallest absolute Gasteiger partial charge is 0.410 e. The summed E-state index contributed by atoms with van der Waals surface area (Å²) in [7, 11) is -2.09. The Morgan fingerprint density at radius 1 is 1.21 bits per heavy atom. The van der Waals surface area contributed by atoms with Crippen LogP contribution in [0.5, 0.6) is 0 Å². The number of nitrogens with zero attached hydrogens (tertiary/aromatic N) is 2. The van der Waals surface area contributed by atoms with E-state index in [9.17, 15) is 9.59 Å². The number of carbonyl (C=O) groups excluding carboxylic acids is 2. The van der Waals surface area contributed by atoms with Gasteiger partial charge in [0.25, 0.3) is 5.91 Å². The van der Waals surface area contributed by atoms with Crippen molar-refractivity contribution in [2.75, 3.05) is 19.7 Å².